The number of hydrogen-bond donors (Lipinski definition) is 1. The van der Waals surface area contributed by atoms with Crippen LogP contribution in [0.2, 0.25) is 10.0 Å². The van der Waals surface area contributed by atoms with Gasteiger partial charge in [-0.1, -0.05) is 35.3 Å². The molecule has 0 bridgehead atoms. The number of nitriles is 1. The van der Waals surface area contributed by atoms with Crippen molar-refractivity contribution < 1.29 is 0 Å². The van der Waals surface area contributed by atoms with E-state index < -0.39 is 0 Å². The fourth-order valence-corrected chi connectivity index (χ4v) is 2.04. The van der Waals surface area contributed by atoms with Gasteiger partial charge in [0, 0.05) is 22.3 Å². The maximum Gasteiger partial charge on any atom is 0.0992 e. The second-order valence-corrected chi connectivity index (χ2v) is 4.63. The second kappa shape index (κ2) is 5.77. The first kappa shape index (κ1) is 12.8. The standard InChI is InChI=1S/C14H10Cl2N2/c15-12-5-4-11(14(16)7-12)9-18-13-3-1-2-10(6-13)8-17/h1-7,18H,9H2. The Kier molecular flexibility index (Phi) is 4.09. The van der Waals surface area contributed by atoms with Crippen LogP contribution in [0.1, 0.15) is 11.1 Å². The maximum absolute atomic E-state index is 8.81. The molecule has 0 aliphatic heterocycles. The van der Waals surface area contributed by atoms with Crippen molar-refractivity contribution in [1.29, 1.82) is 5.26 Å². The number of anilines is 1. The summed E-state index contributed by atoms with van der Waals surface area (Å²) in [4.78, 5) is 0. The van der Waals surface area contributed by atoms with Crippen LogP contribution in [0.3, 0.4) is 0 Å². The molecule has 18 heavy (non-hydrogen) atoms. The molecule has 2 nitrogen and oxygen atoms in total. The van der Waals surface area contributed by atoms with Gasteiger partial charge in [-0.25, -0.2) is 0 Å². The average molecular weight is 277 g/mol. The fourth-order valence-electron chi connectivity index (χ4n) is 1.56. The van der Waals surface area contributed by atoms with E-state index in [4.69, 9.17) is 28.5 Å². The number of benzene rings is 2. The van der Waals surface area contributed by atoms with Crippen molar-refractivity contribution in [1.82, 2.24) is 0 Å². The van der Waals surface area contributed by atoms with E-state index in [-0.39, 0.29) is 0 Å². The molecule has 2 aromatic carbocycles. The first-order valence-electron chi connectivity index (χ1n) is 5.37. The normalized spacial score (nSPS) is 9.83. The molecule has 0 aliphatic rings. The molecule has 2 rings (SSSR count). The lowest BCUT2D eigenvalue weighted by Crippen LogP contribution is -2.00. The summed E-state index contributed by atoms with van der Waals surface area (Å²) in [6, 6.07) is 14.8. The highest BCUT2D eigenvalue weighted by Crippen LogP contribution is 2.22. The topological polar surface area (TPSA) is 35.8 Å². The average Bonchev–Trinajstić information content (AvgIpc) is 2.38. The molecule has 0 heterocycles. The molecule has 4 heteroatoms. The van der Waals surface area contributed by atoms with Gasteiger partial charge in [0.15, 0.2) is 0 Å². The van der Waals surface area contributed by atoms with Crippen LogP contribution in [0.15, 0.2) is 42.5 Å². The van der Waals surface area contributed by atoms with Crippen LogP contribution in [0.4, 0.5) is 5.69 Å². The lowest BCUT2D eigenvalue weighted by Gasteiger charge is -2.08. The third kappa shape index (κ3) is 3.16. The number of hydrogen-bond acceptors (Lipinski definition) is 2. The van der Waals surface area contributed by atoms with Gasteiger partial charge in [0.2, 0.25) is 0 Å². The monoisotopic (exact) mass is 276 g/mol. The number of nitrogens with one attached hydrogen (secondary N) is 1. The minimum atomic E-state index is 0.588. The Morgan fingerprint density at radius 2 is 1.94 bits per heavy atom. The first-order chi connectivity index (χ1) is 8.69. The minimum absolute atomic E-state index is 0.588. The smallest absolute Gasteiger partial charge is 0.0992 e. The van der Waals surface area contributed by atoms with Crippen molar-refractivity contribution >= 4 is 28.9 Å². The van der Waals surface area contributed by atoms with Crippen molar-refractivity contribution in [3.8, 4) is 6.07 Å². The molecule has 90 valence electrons. The molecule has 0 aliphatic carbocycles. The summed E-state index contributed by atoms with van der Waals surface area (Å²) < 4.78 is 0. The van der Waals surface area contributed by atoms with Crippen LogP contribution in [0.5, 0.6) is 0 Å². The summed E-state index contributed by atoms with van der Waals surface area (Å²) in [5.74, 6) is 0. The van der Waals surface area contributed by atoms with Gasteiger partial charge in [-0.3, -0.25) is 0 Å². The molecule has 0 aromatic heterocycles. The van der Waals surface area contributed by atoms with Crippen molar-refractivity contribution in [3.05, 3.63) is 63.6 Å². The Hall–Kier alpha value is -1.69. The Labute approximate surface area is 116 Å². The van der Waals surface area contributed by atoms with Crippen LogP contribution < -0.4 is 5.32 Å². The lowest BCUT2D eigenvalue weighted by molar-refractivity contribution is 1.15. The predicted molar refractivity (Wildman–Crippen MR) is 74.9 cm³/mol. The van der Waals surface area contributed by atoms with Crippen LogP contribution >= 0.6 is 23.2 Å². The SMILES string of the molecule is N#Cc1cccc(NCc2ccc(Cl)cc2Cl)c1. The van der Waals surface area contributed by atoms with E-state index in [0.717, 1.165) is 11.3 Å². The Morgan fingerprint density at radius 1 is 1.11 bits per heavy atom. The van der Waals surface area contributed by atoms with E-state index in [9.17, 15) is 0 Å². The molecule has 0 fully saturated rings. The molecular formula is C14H10Cl2N2. The van der Waals surface area contributed by atoms with E-state index >= 15 is 0 Å². The largest absolute Gasteiger partial charge is 0.381 e. The number of nitrogens with zero attached hydrogens (tertiary/aromatic N) is 1. The second-order valence-electron chi connectivity index (χ2n) is 3.78. The third-order valence-corrected chi connectivity index (χ3v) is 3.08. The van der Waals surface area contributed by atoms with Crippen LogP contribution in [-0.2, 0) is 6.54 Å². The maximum atomic E-state index is 8.81. The van der Waals surface area contributed by atoms with Gasteiger partial charge in [0.05, 0.1) is 11.6 Å². The Morgan fingerprint density at radius 3 is 2.67 bits per heavy atom. The zero-order valence-electron chi connectivity index (χ0n) is 9.45. The lowest BCUT2D eigenvalue weighted by atomic mass is 10.2. The number of rotatable bonds is 3. The Bertz CT molecular complexity index is 603. The summed E-state index contributed by atoms with van der Waals surface area (Å²) in [7, 11) is 0. The minimum Gasteiger partial charge on any atom is -0.381 e. The molecule has 0 saturated carbocycles. The highest BCUT2D eigenvalue weighted by atomic mass is 35.5. The molecule has 0 spiro atoms. The van der Waals surface area contributed by atoms with E-state index in [1.807, 2.05) is 18.2 Å². The van der Waals surface area contributed by atoms with Crippen LogP contribution in [0, 0.1) is 11.3 Å². The van der Waals surface area contributed by atoms with Crippen LogP contribution in [0.25, 0.3) is 0 Å². The molecule has 1 N–H and O–H groups in total. The Balaban J connectivity index is 2.09. The molecule has 0 radical (unpaired) electrons. The predicted octanol–water partition coefficient (Wildman–Crippen LogP) is 4.48. The molecular weight excluding hydrogens is 267 g/mol. The molecule has 0 amide bonds. The summed E-state index contributed by atoms with van der Waals surface area (Å²) in [5.41, 5.74) is 2.48. The van der Waals surface area contributed by atoms with Crippen LogP contribution in [-0.4, -0.2) is 0 Å². The zero-order chi connectivity index (χ0) is 13.0. The van der Waals surface area contributed by atoms with Crippen molar-refractivity contribution in [3.63, 3.8) is 0 Å². The van der Waals surface area contributed by atoms with Gasteiger partial charge in [-0.2, -0.15) is 5.26 Å². The van der Waals surface area contributed by atoms with Gasteiger partial charge in [-0.15, -0.1) is 0 Å². The fraction of sp³-hybridized carbons (Fsp3) is 0.0714. The first-order valence-corrected chi connectivity index (χ1v) is 6.12. The van der Waals surface area contributed by atoms with Crippen molar-refractivity contribution in [2.75, 3.05) is 5.32 Å². The van der Waals surface area contributed by atoms with Gasteiger partial charge in [0.1, 0.15) is 0 Å². The van der Waals surface area contributed by atoms with Gasteiger partial charge >= 0.3 is 0 Å². The van der Waals surface area contributed by atoms with Gasteiger partial charge < -0.3 is 5.32 Å². The molecule has 0 unspecified atom stereocenters. The summed E-state index contributed by atoms with van der Waals surface area (Å²) in [6.45, 7) is 0.588. The summed E-state index contributed by atoms with van der Waals surface area (Å²) in [5, 5.41) is 13.3. The van der Waals surface area contributed by atoms with E-state index in [1.165, 1.54) is 0 Å². The summed E-state index contributed by atoms with van der Waals surface area (Å²) >= 11 is 11.9. The molecule has 0 atom stereocenters. The third-order valence-electron chi connectivity index (χ3n) is 2.49. The van der Waals surface area contributed by atoms with E-state index in [0.29, 0.717) is 22.2 Å². The van der Waals surface area contributed by atoms with E-state index in [2.05, 4.69) is 11.4 Å². The number of halogens is 2. The summed E-state index contributed by atoms with van der Waals surface area (Å²) in [6.07, 6.45) is 0. The molecule has 0 saturated heterocycles. The van der Waals surface area contributed by atoms with Gasteiger partial charge in [0.25, 0.3) is 0 Å². The zero-order valence-corrected chi connectivity index (χ0v) is 11.0. The van der Waals surface area contributed by atoms with Gasteiger partial charge in [-0.05, 0) is 35.9 Å². The van der Waals surface area contributed by atoms with Crippen molar-refractivity contribution in [2.45, 2.75) is 6.54 Å². The molecule has 2 aromatic rings. The van der Waals surface area contributed by atoms with E-state index in [1.54, 1.807) is 24.3 Å². The van der Waals surface area contributed by atoms with Crippen molar-refractivity contribution in [2.24, 2.45) is 0 Å². The highest BCUT2D eigenvalue weighted by Gasteiger charge is 2.01. The quantitative estimate of drug-likeness (QED) is 0.898. The highest BCUT2D eigenvalue weighted by molar-refractivity contribution is 6.35.